The summed E-state index contributed by atoms with van der Waals surface area (Å²) in [4.78, 5) is 22.4. The fraction of sp³-hybridized carbons (Fsp3) is 0.250. The van der Waals surface area contributed by atoms with Crippen LogP contribution in [0, 0.1) is 5.82 Å². The molecule has 2 aromatic heterocycles. The highest BCUT2D eigenvalue weighted by molar-refractivity contribution is 7.15. The maximum absolute atomic E-state index is 14.1. The summed E-state index contributed by atoms with van der Waals surface area (Å²) in [7, 11) is 1.64. The summed E-state index contributed by atoms with van der Waals surface area (Å²) in [6, 6.07) is 14.6. The molecular weight excluding hydrogens is 427 g/mol. The molecule has 0 bridgehead atoms. The molecule has 6 nitrogen and oxygen atoms in total. The number of piperazine rings is 1. The first-order valence-corrected chi connectivity index (χ1v) is 11.4. The van der Waals surface area contributed by atoms with Crippen molar-refractivity contribution in [3.8, 4) is 17.0 Å². The number of anilines is 1. The van der Waals surface area contributed by atoms with Gasteiger partial charge in [-0.25, -0.2) is 9.37 Å². The Labute approximate surface area is 189 Å². The van der Waals surface area contributed by atoms with Crippen LogP contribution in [-0.2, 0) is 11.2 Å². The largest absolute Gasteiger partial charge is 0.497 e. The Balaban J connectivity index is 1.27. The van der Waals surface area contributed by atoms with Gasteiger partial charge in [-0.2, -0.15) is 0 Å². The molecule has 3 heterocycles. The highest BCUT2D eigenvalue weighted by Gasteiger charge is 2.23. The molecule has 164 valence electrons. The molecule has 0 spiro atoms. The number of benzene rings is 2. The second-order valence-corrected chi connectivity index (χ2v) is 8.57. The number of hydrogen-bond donors (Lipinski definition) is 0. The van der Waals surface area contributed by atoms with E-state index in [-0.39, 0.29) is 11.7 Å². The van der Waals surface area contributed by atoms with E-state index in [1.807, 2.05) is 56.1 Å². The molecule has 5 rings (SSSR count). The van der Waals surface area contributed by atoms with Crippen molar-refractivity contribution in [2.75, 3.05) is 38.2 Å². The quantitative estimate of drug-likeness (QED) is 0.459. The number of thiazole rings is 1. The lowest BCUT2D eigenvalue weighted by atomic mass is 10.1. The van der Waals surface area contributed by atoms with Crippen molar-refractivity contribution in [2.45, 2.75) is 6.42 Å². The van der Waals surface area contributed by atoms with E-state index in [1.165, 1.54) is 17.4 Å². The molecule has 1 amide bonds. The van der Waals surface area contributed by atoms with Gasteiger partial charge in [0.05, 0.1) is 24.9 Å². The minimum absolute atomic E-state index is 0.0783. The van der Waals surface area contributed by atoms with Crippen molar-refractivity contribution >= 4 is 27.9 Å². The number of ether oxygens (including phenoxy) is 1. The van der Waals surface area contributed by atoms with Crippen LogP contribution in [0.25, 0.3) is 16.2 Å². The molecule has 0 saturated carbocycles. The van der Waals surface area contributed by atoms with Crippen LogP contribution < -0.4 is 9.64 Å². The molecule has 1 aliphatic rings. The molecule has 0 N–H and O–H groups in total. The minimum atomic E-state index is -0.222. The van der Waals surface area contributed by atoms with E-state index in [2.05, 4.69) is 0 Å². The SMILES string of the molecule is COc1cccc(-c2cn3c(CC(=O)N4CCN(c5ccccc5F)CC4)csc3n2)c1. The van der Waals surface area contributed by atoms with Gasteiger partial charge >= 0.3 is 0 Å². The van der Waals surface area contributed by atoms with Gasteiger partial charge in [-0.3, -0.25) is 9.20 Å². The zero-order chi connectivity index (χ0) is 22.1. The maximum Gasteiger partial charge on any atom is 0.228 e. The van der Waals surface area contributed by atoms with E-state index in [0.717, 1.165) is 27.7 Å². The van der Waals surface area contributed by atoms with Crippen LogP contribution in [0.15, 0.2) is 60.1 Å². The van der Waals surface area contributed by atoms with E-state index in [4.69, 9.17) is 9.72 Å². The first-order valence-electron chi connectivity index (χ1n) is 10.5. The molecule has 0 unspecified atom stereocenters. The zero-order valence-corrected chi connectivity index (χ0v) is 18.5. The van der Waals surface area contributed by atoms with Gasteiger partial charge in [0.2, 0.25) is 5.91 Å². The van der Waals surface area contributed by atoms with Gasteiger partial charge in [0, 0.05) is 49.0 Å². The highest BCUT2D eigenvalue weighted by Crippen LogP contribution is 2.27. The van der Waals surface area contributed by atoms with Gasteiger partial charge in [-0.15, -0.1) is 11.3 Å². The molecule has 0 radical (unpaired) electrons. The van der Waals surface area contributed by atoms with Crippen molar-refractivity contribution < 1.29 is 13.9 Å². The van der Waals surface area contributed by atoms with Crippen LogP contribution in [-0.4, -0.2) is 53.5 Å². The van der Waals surface area contributed by atoms with Crippen LogP contribution in [0.3, 0.4) is 0 Å². The van der Waals surface area contributed by atoms with Crippen LogP contribution >= 0.6 is 11.3 Å². The maximum atomic E-state index is 14.1. The smallest absolute Gasteiger partial charge is 0.228 e. The Morgan fingerprint density at radius 3 is 2.72 bits per heavy atom. The van der Waals surface area contributed by atoms with E-state index in [0.29, 0.717) is 38.3 Å². The number of para-hydroxylation sites is 1. The third-order valence-corrected chi connectivity index (χ3v) is 6.70. The first-order chi connectivity index (χ1) is 15.6. The van der Waals surface area contributed by atoms with E-state index >= 15 is 0 Å². The summed E-state index contributed by atoms with van der Waals surface area (Å²) in [5, 5.41) is 1.99. The predicted octanol–water partition coefficient (Wildman–Crippen LogP) is 4.10. The number of aromatic nitrogens is 2. The Bertz CT molecular complexity index is 1260. The number of halogens is 1. The Morgan fingerprint density at radius 1 is 1.12 bits per heavy atom. The lowest BCUT2D eigenvalue weighted by Crippen LogP contribution is -2.49. The van der Waals surface area contributed by atoms with Crippen molar-refractivity contribution in [2.24, 2.45) is 0 Å². The average Bonchev–Trinajstić information content (AvgIpc) is 3.41. The van der Waals surface area contributed by atoms with Crippen LogP contribution in [0.2, 0.25) is 0 Å². The minimum Gasteiger partial charge on any atom is -0.497 e. The summed E-state index contributed by atoms with van der Waals surface area (Å²) in [5.74, 6) is 0.637. The molecule has 0 atom stereocenters. The Kier molecular flexibility index (Phi) is 5.53. The number of fused-ring (bicyclic) bond motifs is 1. The molecule has 1 fully saturated rings. The number of hydrogen-bond acceptors (Lipinski definition) is 5. The van der Waals surface area contributed by atoms with Crippen molar-refractivity contribution in [1.82, 2.24) is 14.3 Å². The Morgan fingerprint density at radius 2 is 1.94 bits per heavy atom. The molecule has 2 aromatic carbocycles. The number of nitrogens with zero attached hydrogens (tertiary/aromatic N) is 4. The summed E-state index contributed by atoms with van der Waals surface area (Å²) in [5.41, 5.74) is 3.35. The van der Waals surface area contributed by atoms with Gasteiger partial charge in [0.1, 0.15) is 11.6 Å². The van der Waals surface area contributed by atoms with Gasteiger partial charge in [0.15, 0.2) is 4.96 Å². The fourth-order valence-corrected chi connectivity index (χ4v) is 4.92. The molecule has 32 heavy (non-hydrogen) atoms. The van der Waals surface area contributed by atoms with Crippen LogP contribution in [0.5, 0.6) is 5.75 Å². The summed E-state index contributed by atoms with van der Waals surface area (Å²) in [6.07, 6.45) is 2.28. The molecule has 4 aromatic rings. The third kappa shape index (κ3) is 3.93. The van der Waals surface area contributed by atoms with Crippen LogP contribution in [0.4, 0.5) is 10.1 Å². The first kappa shape index (κ1) is 20.5. The Hall–Kier alpha value is -3.39. The molecule has 8 heteroatoms. The van der Waals surface area contributed by atoms with E-state index in [1.54, 1.807) is 19.2 Å². The number of rotatable bonds is 5. The zero-order valence-electron chi connectivity index (χ0n) is 17.7. The number of imidazole rings is 1. The monoisotopic (exact) mass is 450 g/mol. The van der Waals surface area contributed by atoms with E-state index in [9.17, 15) is 9.18 Å². The second kappa shape index (κ2) is 8.63. The van der Waals surface area contributed by atoms with Crippen molar-refractivity contribution in [1.29, 1.82) is 0 Å². The summed E-state index contributed by atoms with van der Waals surface area (Å²) >= 11 is 1.53. The molecule has 0 aliphatic carbocycles. The topological polar surface area (TPSA) is 50.1 Å². The molecule has 1 aliphatic heterocycles. The number of carbonyl (C=O) groups is 1. The molecule has 1 saturated heterocycles. The van der Waals surface area contributed by atoms with Gasteiger partial charge in [0.25, 0.3) is 0 Å². The lowest BCUT2D eigenvalue weighted by molar-refractivity contribution is -0.130. The standard InChI is InChI=1S/C24H23FN4O2S/c1-31-19-6-4-5-17(13-19)21-15-29-18(16-32-24(29)26-21)14-23(30)28-11-9-27(10-12-28)22-8-3-2-7-20(22)25/h2-8,13,15-16H,9-12,14H2,1H3. The number of methoxy groups -OCH3 is 1. The number of amides is 1. The second-order valence-electron chi connectivity index (χ2n) is 7.73. The van der Waals surface area contributed by atoms with Gasteiger partial charge in [-0.1, -0.05) is 24.3 Å². The van der Waals surface area contributed by atoms with Gasteiger partial charge in [-0.05, 0) is 24.3 Å². The van der Waals surface area contributed by atoms with Crippen LogP contribution in [0.1, 0.15) is 5.69 Å². The normalized spacial score (nSPS) is 14.2. The average molecular weight is 451 g/mol. The summed E-state index contributed by atoms with van der Waals surface area (Å²) in [6.45, 7) is 2.41. The van der Waals surface area contributed by atoms with Crippen molar-refractivity contribution in [3.63, 3.8) is 0 Å². The van der Waals surface area contributed by atoms with Crippen molar-refractivity contribution in [3.05, 3.63) is 71.6 Å². The lowest BCUT2D eigenvalue weighted by Gasteiger charge is -2.36. The van der Waals surface area contributed by atoms with E-state index < -0.39 is 0 Å². The van der Waals surface area contributed by atoms with Gasteiger partial charge < -0.3 is 14.5 Å². The summed E-state index contributed by atoms with van der Waals surface area (Å²) < 4.78 is 21.4. The molecular formula is C24H23FN4O2S. The fourth-order valence-electron chi connectivity index (χ4n) is 4.05. The highest BCUT2D eigenvalue weighted by atomic mass is 32.1. The predicted molar refractivity (Wildman–Crippen MR) is 124 cm³/mol. The third-order valence-electron chi connectivity index (χ3n) is 5.81. The number of carbonyl (C=O) groups excluding carboxylic acids is 1.